The second-order valence-corrected chi connectivity index (χ2v) is 4.24. The fourth-order valence-electron chi connectivity index (χ4n) is 1.76. The van der Waals surface area contributed by atoms with Crippen LogP contribution in [0, 0.1) is 0 Å². The standard InChI is InChI=1S/C14H8ClF3O/c15-13(19)11-8-10(9-4-2-1-3-5-9)6-7-12(11)14(16,17)18/h1-8H. The van der Waals surface area contributed by atoms with E-state index in [1.807, 2.05) is 0 Å². The molecule has 0 amide bonds. The zero-order chi connectivity index (χ0) is 14.0. The smallest absolute Gasteiger partial charge is 0.276 e. The molecule has 0 atom stereocenters. The lowest BCUT2D eigenvalue weighted by molar-refractivity contribution is -0.137. The first-order valence-corrected chi connectivity index (χ1v) is 5.74. The van der Waals surface area contributed by atoms with Gasteiger partial charge in [0.2, 0.25) is 0 Å². The first-order chi connectivity index (χ1) is 8.89. The normalized spacial score (nSPS) is 11.4. The number of rotatable bonds is 2. The Morgan fingerprint density at radius 3 is 2.11 bits per heavy atom. The highest BCUT2D eigenvalue weighted by atomic mass is 35.5. The van der Waals surface area contributed by atoms with Crippen molar-refractivity contribution >= 4 is 16.8 Å². The molecule has 98 valence electrons. The molecule has 2 rings (SSSR count). The summed E-state index contributed by atoms with van der Waals surface area (Å²) in [5.74, 6) is 0. The second-order valence-electron chi connectivity index (χ2n) is 3.90. The van der Waals surface area contributed by atoms with E-state index < -0.39 is 22.5 Å². The lowest BCUT2D eigenvalue weighted by Crippen LogP contribution is -2.10. The highest BCUT2D eigenvalue weighted by molar-refractivity contribution is 6.68. The van der Waals surface area contributed by atoms with Gasteiger partial charge in [0.15, 0.2) is 0 Å². The molecule has 0 aliphatic rings. The Kier molecular flexibility index (Phi) is 3.62. The van der Waals surface area contributed by atoms with Crippen molar-refractivity contribution in [3.8, 4) is 11.1 Å². The summed E-state index contributed by atoms with van der Waals surface area (Å²) in [4.78, 5) is 11.2. The molecule has 19 heavy (non-hydrogen) atoms. The molecule has 2 aromatic carbocycles. The van der Waals surface area contributed by atoms with Crippen LogP contribution in [0.1, 0.15) is 15.9 Å². The first kappa shape index (κ1) is 13.6. The Hall–Kier alpha value is -1.81. The molecule has 1 nitrogen and oxygen atoms in total. The molecule has 0 N–H and O–H groups in total. The molecule has 0 saturated heterocycles. The third kappa shape index (κ3) is 2.96. The Labute approximate surface area is 112 Å². The molecule has 0 aliphatic heterocycles. The van der Waals surface area contributed by atoms with Gasteiger partial charge in [0.25, 0.3) is 5.24 Å². The number of alkyl halides is 3. The van der Waals surface area contributed by atoms with Crippen LogP contribution in [-0.2, 0) is 6.18 Å². The van der Waals surface area contributed by atoms with Gasteiger partial charge in [-0.1, -0.05) is 36.4 Å². The van der Waals surface area contributed by atoms with Crippen LogP contribution in [0.5, 0.6) is 0 Å². The van der Waals surface area contributed by atoms with E-state index in [0.717, 1.165) is 17.7 Å². The van der Waals surface area contributed by atoms with Gasteiger partial charge in [-0.25, -0.2) is 0 Å². The minimum atomic E-state index is -4.60. The minimum absolute atomic E-state index is 0.512. The molecule has 0 bridgehead atoms. The highest BCUT2D eigenvalue weighted by Gasteiger charge is 2.34. The van der Waals surface area contributed by atoms with E-state index in [4.69, 9.17) is 11.6 Å². The van der Waals surface area contributed by atoms with Crippen LogP contribution in [0.15, 0.2) is 48.5 Å². The van der Waals surface area contributed by atoms with Crippen LogP contribution >= 0.6 is 11.6 Å². The maximum Gasteiger partial charge on any atom is 0.417 e. The summed E-state index contributed by atoms with van der Waals surface area (Å²) in [5.41, 5.74) is -0.323. The van der Waals surface area contributed by atoms with Crippen LogP contribution < -0.4 is 0 Å². The molecule has 0 aliphatic carbocycles. The van der Waals surface area contributed by atoms with Crippen molar-refractivity contribution in [3.63, 3.8) is 0 Å². The summed E-state index contributed by atoms with van der Waals surface area (Å²) in [6.07, 6.45) is -4.60. The Balaban J connectivity index is 2.58. The van der Waals surface area contributed by atoms with Gasteiger partial charge in [0.1, 0.15) is 0 Å². The quantitative estimate of drug-likeness (QED) is 0.727. The molecule has 0 radical (unpaired) electrons. The maximum atomic E-state index is 12.7. The van der Waals surface area contributed by atoms with Gasteiger partial charge in [0.05, 0.1) is 5.56 Å². The fourth-order valence-corrected chi connectivity index (χ4v) is 1.92. The number of benzene rings is 2. The van der Waals surface area contributed by atoms with Crippen LogP contribution in [0.25, 0.3) is 11.1 Å². The van der Waals surface area contributed by atoms with Crippen LogP contribution in [-0.4, -0.2) is 5.24 Å². The number of hydrogen-bond donors (Lipinski definition) is 0. The van der Waals surface area contributed by atoms with Crippen molar-refractivity contribution in [2.24, 2.45) is 0 Å². The van der Waals surface area contributed by atoms with Gasteiger partial charge < -0.3 is 0 Å². The van der Waals surface area contributed by atoms with Gasteiger partial charge in [-0.05, 0) is 34.9 Å². The summed E-state index contributed by atoms with van der Waals surface area (Å²) in [6, 6.07) is 12.1. The van der Waals surface area contributed by atoms with Crippen molar-refractivity contribution in [2.75, 3.05) is 0 Å². The summed E-state index contributed by atoms with van der Waals surface area (Å²) in [6.45, 7) is 0. The molecule has 0 saturated carbocycles. The van der Waals surface area contributed by atoms with Crippen molar-refractivity contribution in [2.45, 2.75) is 6.18 Å². The Morgan fingerprint density at radius 1 is 0.947 bits per heavy atom. The number of carbonyl (C=O) groups is 1. The van der Waals surface area contributed by atoms with Crippen molar-refractivity contribution in [1.29, 1.82) is 0 Å². The predicted molar refractivity (Wildman–Crippen MR) is 67.1 cm³/mol. The predicted octanol–water partition coefficient (Wildman–Crippen LogP) is 4.75. The first-order valence-electron chi connectivity index (χ1n) is 5.36. The maximum absolute atomic E-state index is 12.7. The van der Waals surface area contributed by atoms with Crippen molar-refractivity contribution in [1.82, 2.24) is 0 Å². The summed E-state index contributed by atoms with van der Waals surface area (Å²) >= 11 is 5.23. The molecular formula is C14H8ClF3O. The third-order valence-corrected chi connectivity index (χ3v) is 2.85. The Bertz CT molecular complexity index is 606. The third-order valence-electron chi connectivity index (χ3n) is 2.64. The molecule has 2 aromatic rings. The molecule has 0 fully saturated rings. The average molecular weight is 285 g/mol. The van der Waals surface area contributed by atoms with E-state index in [2.05, 4.69) is 0 Å². The number of carbonyl (C=O) groups excluding carboxylic acids is 1. The van der Waals surface area contributed by atoms with E-state index in [1.165, 1.54) is 6.07 Å². The van der Waals surface area contributed by atoms with Gasteiger partial charge in [0, 0.05) is 5.56 Å². The molecule has 0 unspecified atom stereocenters. The van der Waals surface area contributed by atoms with E-state index in [0.29, 0.717) is 5.56 Å². The molecule has 0 heterocycles. The lowest BCUT2D eigenvalue weighted by atomic mass is 9.99. The van der Waals surface area contributed by atoms with Gasteiger partial charge in [-0.3, -0.25) is 4.79 Å². The fraction of sp³-hybridized carbons (Fsp3) is 0.0714. The zero-order valence-electron chi connectivity index (χ0n) is 9.54. The average Bonchev–Trinajstić information content (AvgIpc) is 2.38. The lowest BCUT2D eigenvalue weighted by Gasteiger charge is -2.12. The monoisotopic (exact) mass is 284 g/mol. The van der Waals surface area contributed by atoms with Crippen LogP contribution in [0.3, 0.4) is 0 Å². The van der Waals surface area contributed by atoms with E-state index in [-0.39, 0.29) is 0 Å². The van der Waals surface area contributed by atoms with Crippen molar-refractivity contribution < 1.29 is 18.0 Å². The van der Waals surface area contributed by atoms with Gasteiger partial charge in [-0.2, -0.15) is 13.2 Å². The molecule has 0 spiro atoms. The van der Waals surface area contributed by atoms with E-state index in [9.17, 15) is 18.0 Å². The largest absolute Gasteiger partial charge is 0.417 e. The van der Waals surface area contributed by atoms with E-state index >= 15 is 0 Å². The highest BCUT2D eigenvalue weighted by Crippen LogP contribution is 2.34. The summed E-state index contributed by atoms with van der Waals surface area (Å²) in [5, 5.41) is -1.12. The van der Waals surface area contributed by atoms with Gasteiger partial charge in [-0.15, -0.1) is 0 Å². The van der Waals surface area contributed by atoms with E-state index in [1.54, 1.807) is 30.3 Å². The second kappa shape index (κ2) is 5.05. The number of halogens is 4. The van der Waals surface area contributed by atoms with Crippen LogP contribution in [0.2, 0.25) is 0 Å². The van der Waals surface area contributed by atoms with Crippen molar-refractivity contribution in [3.05, 3.63) is 59.7 Å². The van der Waals surface area contributed by atoms with Gasteiger partial charge >= 0.3 is 6.18 Å². The zero-order valence-corrected chi connectivity index (χ0v) is 10.3. The Morgan fingerprint density at radius 2 is 1.58 bits per heavy atom. The summed E-state index contributed by atoms with van der Waals surface area (Å²) < 4.78 is 38.2. The van der Waals surface area contributed by atoms with Crippen LogP contribution in [0.4, 0.5) is 13.2 Å². The summed E-state index contributed by atoms with van der Waals surface area (Å²) in [7, 11) is 0. The number of hydrogen-bond acceptors (Lipinski definition) is 1. The molecule has 0 aromatic heterocycles. The SMILES string of the molecule is O=C(Cl)c1cc(-c2ccccc2)ccc1C(F)(F)F. The molecular weight excluding hydrogens is 277 g/mol. The minimum Gasteiger partial charge on any atom is -0.276 e. The topological polar surface area (TPSA) is 17.1 Å². The molecule has 5 heteroatoms.